The minimum absolute atomic E-state index is 0.0157. The highest BCUT2D eigenvalue weighted by Gasteiger charge is 2.40. The van der Waals surface area contributed by atoms with E-state index < -0.39 is 234 Å². The molecule has 4 rings (SSSR count). The van der Waals surface area contributed by atoms with Crippen molar-refractivity contribution in [2.75, 3.05) is 52.4 Å². The van der Waals surface area contributed by atoms with Crippen molar-refractivity contribution >= 4 is 135 Å². The molecular formula is C96H156N32O19. The molecule has 1 aromatic heterocycles. The van der Waals surface area contributed by atoms with Crippen molar-refractivity contribution in [1.82, 2.24) is 111 Å². The Morgan fingerprint density at radius 3 is 1.02 bits per heavy atom. The van der Waals surface area contributed by atoms with Gasteiger partial charge in [-0.3, -0.25) is 103 Å². The third-order valence-corrected chi connectivity index (χ3v) is 23.9. The summed E-state index contributed by atoms with van der Waals surface area (Å²) < 4.78 is 0. The number of fused-ring (bicyclic) bond motifs is 1. The minimum Gasteiger partial charge on any atom is -0.394 e. The highest BCUT2D eigenvalue weighted by Crippen LogP contribution is 2.22. The molecule has 0 fully saturated rings. The molecule has 18 amide bonds. The number of aliphatic hydroxyl groups excluding tert-OH is 1. The van der Waals surface area contributed by atoms with Gasteiger partial charge in [0.15, 0.2) is 17.9 Å². The Morgan fingerprint density at radius 2 is 0.619 bits per heavy atom. The van der Waals surface area contributed by atoms with E-state index in [0.29, 0.717) is 59.8 Å². The SMILES string of the molecule is CC[C@H](C)[C@H](NC(=O)[C@H](Cc1ccccc1)NC(=O)[C@H](C)NC(=O)[C@H](CCCCN)NC(=O)[C@H](CCCCN)NC(=O)[C@H](Cc1c[nH]c2ccccc12)NC(=O)[C@H](CCCNC(=N)N)NC(=O)[C@H](CCCNC(=N)N)NC(=O)[C@@H](N)CCCCN)C(=O)N[C@@H](C)C(=O)N[C@H](C(=O)N[C@@H](CO)C(=O)N[C@@H](C)C(=O)N[C@@H](C)C(=O)N[C@@H](C)C(=O)N[C@@H](CCCNC(=N)N)C(=O)N[C@@H](Cc1ccccc1)C(=O)NCC(N)=O)C(C)C. The number of guanidine groups is 3. The molecule has 0 unspecified atom stereocenters. The lowest BCUT2D eigenvalue weighted by atomic mass is 9.96. The highest BCUT2D eigenvalue weighted by molar-refractivity contribution is 6.02. The van der Waals surface area contributed by atoms with Gasteiger partial charge in [0.2, 0.25) is 106 Å². The van der Waals surface area contributed by atoms with Crippen LogP contribution < -0.4 is 152 Å². The summed E-state index contributed by atoms with van der Waals surface area (Å²) in [5, 5.41) is 85.9. The number of aromatic nitrogens is 1. The van der Waals surface area contributed by atoms with Crippen LogP contribution in [0.15, 0.2) is 91.1 Å². The molecule has 0 saturated heterocycles. The normalized spacial score (nSPS) is 14.8. The maximum Gasteiger partial charge on any atom is 0.245 e. The molecular weight excluding hydrogens is 1910 g/mol. The number of aliphatic hydroxyl groups is 1. The number of para-hydroxylation sites is 1. The number of nitrogens with one attached hydrogen (secondary N) is 24. The molecule has 51 heteroatoms. The Bertz CT molecular complexity index is 5020. The van der Waals surface area contributed by atoms with Crippen molar-refractivity contribution in [2.45, 2.75) is 287 Å². The Morgan fingerprint density at radius 1 is 0.320 bits per heavy atom. The topological polar surface area (TPSA) is 864 Å². The van der Waals surface area contributed by atoms with Crippen molar-refractivity contribution in [2.24, 2.45) is 57.7 Å². The zero-order chi connectivity index (χ0) is 110. The molecule has 0 saturated carbocycles. The first-order valence-electron chi connectivity index (χ1n) is 49.5. The minimum atomic E-state index is -1.75. The van der Waals surface area contributed by atoms with Crippen LogP contribution in [0.1, 0.15) is 182 Å². The van der Waals surface area contributed by atoms with Gasteiger partial charge in [-0.1, -0.05) is 119 Å². The van der Waals surface area contributed by atoms with Crippen LogP contribution in [0, 0.1) is 28.1 Å². The van der Waals surface area contributed by atoms with Gasteiger partial charge >= 0.3 is 0 Å². The fraction of sp³-hybridized carbons (Fsp3) is 0.573. The van der Waals surface area contributed by atoms with Crippen molar-refractivity contribution in [3.05, 3.63) is 108 Å². The lowest BCUT2D eigenvalue weighted by molar-refractivity contribution is -0.137. The largest absolute Gasteiger partial charge is 0.394 e. The first-order valence-corrected chi connectivity index (χ1v) is 49.5. The van der Waals surface area contributed by atoms with E-state index in [1.165, 1.54) is 34.6 Å². The van der Waals surface area contributed by atoms with E-state index in [1.54, 1.807) is 119 Å². The van der Waals surface area contributed by atoms with Crippen molar-refractivity contribution in [3.63, 3.8) is 0 Å². The lowest BCUT2D eigenvalue weighted by Gasteiger charge is -2.29. The van der Waals surface area contributed by atoms with E-state index in [1.807, 2.05) is 0 Å². The second-order valence-corrected chi connectivity index (χ2v) is 36.5. The van der Waals surface area contributed by atoms with Gasteiger partial charge in [-0.2, -0.15) is 0 Å². The summed E-state index contributed by atoms with van der Waals surface area (Å²) in [6, 6.07) is 0.272. The number of hydrogen-bond donors (Lipinski definition) is 33. The summed E-state index contributed by atoms with van der Waals surface area (Å²) >= 11 is 0. The molecule has 147 heavy (non-hydrogen) atoms. The average molecular weight is 2060 g/mol. The number of aromatic amines is 1. The number of rotatable bonds is 69. The summed E-state index contributed by atoms with van der Waals surface area (Å²) in [6.07, 6.45) is 4.30. The molecule has 18 atom stereocenters. The van der Waals surface area contributed by atoms with E-state index >= 15 is 4.79 Å². The molecule has 51 nitrogen and oxygen atoms in total. The summed E-state index contributed by atoms with van der Waals surface area (Å²) in [4.78, 5) is 256. The number of H-pyrrole nitrogens is 1. The number of hydrogen-bond acceptors (Lipinski definition) is 26. The van der Waals surface area contributed by atoms with Gasteiger partial charge in [0.05, 0.1) is 19.2 Å². The summed E-state index contributed by atoms with van der Waals surface area (Å²) in [5.41, 5.74) is 48.0. The standard InChI is InChI=1S/C96H156N32O19/c1-10-53(4)76(93(147)117-58(9)81(135)127-75(52(2)3)92(146)126-73(51-129)91(145)116-55(6)78(132)113-54(5)77(131)114-56(7)79(133)118-67(37-25-43-108-94(102)103)87(141)124-70(83(137)112-50-74(101)130)46-59-28-13-11-14-29-59)128-90(144)71(47-60-30-15-12-16-31-60)123-80(134)57(8)115-84(138)65(35-20-23-41-98)120-85(139)66(36-21-24-42-99)122-89(143)72(48-61-49-111-64-34-18-17-32-62(61)64)125-88(142)69(39-27-45-110-96(106)107)121-86(140)68(38-26-44-109-95(104)105)119-82(136)63(100)33-19-22-40-97/h11-18,28-32,34,49,52-58,63,65-73,75-76,111,129H,10,19-27,33,35-48,50-51,97-100H2,1-9H3,(H2,101,130)(H,112,137)(H,113,132)(H,114,131)(H,115,138)(H,116,145)(H,117,147)(H,118,133)(H,119,136)(H,120,139)(H,121,140)(H,122,143)(H,123,134)(H,124,141)(H,125,142)(H,126,146)(H,127,135)(H,128,144)(H4,102,103,108)(H4,104,105,109)(H4,106,107,110)/t53-,54-,55-,56-,57-,58-,63-,65-,66-,67-,68-,69-,70-,71-,72-,73-,75-,76-/m0/s1. The van der Waals surface area contributed by atoms with E-state index in [-0.39, 0.29) is 147 Å². The zero-order valence-corrected chi connectivity index (χ0v) is 85.1. The van der Waals surface area contributed by atoms with Gasteiger partial charge in [-0.15, -0.1) is 0 Å². The fourth-order valence-corrected chi connectivity index (χ4v) is 15.1. The predicted molar refractivity (Wildman–Crippen MR) is 549 cm³/mol. The molecule has 0 spiro atoms. The number of nitrogens with two attached hydrogens (primary N) is 8. The number of amides is 18. The highest BCUT2D eigenvalue weighted by atomic mass is 16.3. The fourth-order valence-electron chi connectivity index (χ4n) is 15.1. The second kappa shape index (κ2) is 66.3. The first-order chi connectivity index (χ1) is 69.8. The number of benzene rings is 3. The Kier molecular flexibility index (Phi) is 56.2. The summed E-state index contributed by atoms with van der Waals surface area (Å²) in [5.74, 6) is -18.3. The molecule has 41 N–H and O–H groups in total. The quantitative estimate of drug-likeness (QED) is 0.0111. The van der Waals surface area contributed by atoms with E-state index in [2.05, 4.69) is 111 Å². The first kappa shape index (κ1) is 125. The molecule has 0 aliphatic carbocycles. The third-order valence-electron chi connectivity index (χ3n) is 23.9. The van der Waals surface area contributed by atoms with Crippen LogP contribution in [-0.4, -0.2) is 289 Å². The summed E-state index contributed by atoms with van der Waals surface area (Å²) in [7, 11) is 0. The van der Waals surface area contributed by atoms with Gasteiger partial charge in [0, 0.05) is 56.0 Å². The number of primary amides is 1. The maximum absolute atomic E-state index is 15.2. The van der Waals surface area contributed by atoms with Crippen LogP contribution in [0.4, 0.5) is 0 Å². The van der Waals surface area contributed by atoms with Gasteiger partial charge in [0.1, 0.15) is 96.7 Å². The van der Waals surface area contributed by atoms with E-state index in [9.17, 15) is 86.6 Å². The molecule has 0 bridgehead atoms. The maximum atomic E-state index is 15.2. The Labute approximate surface area is 855 Å². The molecule has 814 valence electrons. The zero-order valence-electron chi connectivity index (χ0n) is 85.1. The van der Waals surface area contributed by atoms with E-state index in [4.69, 9.17) is 62.1 Å². The molecule has 0 aliphatic heterocycles. The lowest BCUT2D eigenvalue weighted by Crippen LogP contribution is -2.62. The molecule has 0 aliphatic rings. The molecule has 3 aromatic carbocycles. The molecule has 0 radical (unpaired) electrons. The number of unbranched alkanes of at least 4 members (excludes halogenated alkanes) is 3. The van der Waals surface area contributed by atoms with Crippen LogP contribution >= 0.6 is 0 Å². The van der Waals surface area contributed by atoms with Crippen molar-refractivity contribution < 1.29 is 91.4 Å². The second-order valence-electron chi connectivity index (χ2n) is 36.5. The number of carbonyl (C=O) groups is 18. The monoisotopic (exact) mass is 2060 g/mol. The van der Waals surface area contributed by atoms with Gasteiger partial charge < -0.3 is 162 Å². The average Bonchev–Trinajstić information content (AvgIpc) is 1.68. The predicted octanol–water partition coefficient (Wildman–Crippen LogP) is -7.15. The molecule has 4 aromatic rings. The number of carbonyl (C=O) groups excluding carboxylic acids is 18. The van der Waals surface area contributed by atoms with Gasteiger partial charge in [-0.05, 0) is 179 Å². The van der Waals surface area contributed by atoms with Crippen molar-refractivity contribution in [3.8, 4) is 0 Å². The van der Waals surface area contributed by atoms with Crippen LogP contribution in [-0.2, 0) is 106 Å². The van der Waals surface area contributed by atoms with Crippen LogP contribution in [0.2, 0.25) is 0 Å². The van der Waals surface area contributed by atoms with Crippen LogP contribution in [0.5, 0.6) is 0 Å². The van der Waals surface area contributed by atoms with Crippen LogP contribution in [0.25, 0.3) is 10.9 Å². The Hall–Kier alpha value is -14.7. The van der Waals surface area contributed by atoms with Crippen LogP contribution in [0.3, 0.4) is 0 Å². The van der Waals surface area contributed by atoms with Gasteiger partial charge in [-0.25, -0.2) is 0 Å². The summed E-state index contributed by atoms with van der Waals surface area (Å²) in [6.45, 7) is 12.3. The van der Waals surface area contributed by atoms with Crippen molar-refractivity contribution in [1.29, 1.82) is 16.2 Å². The third kappa shape index (κ3) is 46.0. The Balaban J connectivity index is 1.50. The van der Waals surface area contributed by atoms with Gasteiger partial charge in [0.25, 0.3) is 0 Å². The van der Waals surface area contributed by atoms with E-state index in [0.717, 1.165) is 0 Å². The molecule has 1 heterocycles. The smallest absolute Gasteiger partial charge is 0.245 e.